The first-order valence-corrected chi connectivity index (χ1v) is 11.4. The summed E-state index contributed by atoms with van der Waals surface area (Å²) in [5.74, 6) is 1.19. The number of furan rings is 1. The molecule has 0 amide bonds. The Labute approximate surface area is 194 Å². The molecule has 0 aliphatic rings. The van der Waals surface area contributed by atoms with Crippen LogP contribution in [0.25, 0.3) is 33.9 Å². The highest BCUT2D eigenvalue weighted by molar-refractivity contribution is 7.99. The van der Waals surface area contributed by atoms with Crippen molar-refractivity contribution in [2.75, 3.05) is 11.5 Å². The van der Waals surface area contributed by atoms with Crippen molar-refractivity contribution in [3.8, 4) is 22.8 Å². The highest BCUT2D eigenvalue weighted by Gasteiger charge is 2.23. The van der Waals surface area contributed by atoms with E-state index in [1.54, 1.807) is 16.7 Å². The molecule has 0 spiro atoms. The number of Topliss-reactive ketones (excluding diaryl/α,β-unsaturated/α-hetero) is 1. The van der Waals surface area contributed by atoms with Crippen LogP contribution >= 0.6 is 11.8 Å². The van der Waals surface area contributed by atoms with Gasteiger partial charge in [-0.05, 0) is 18.6 Å². The molecule has 5 rings (SSSR count). The number of ketones is 1. The number of carbonyl (C=O) groups excluding carboxylic acids is 1. The van der Waals surface area contributed by atoms with Crippen LogP contribution < -0.4 is 5.73 Å². The molecule has 5 aromatic rings. The van der Waals surface area contributed by atoms with E-state index in [1.165, 1.54) is 11.8 Å². The highest BCUT2D eigenvalue weighted by Crippen LogP contribution is 2.38. The minimum atomic E-state index is 0.0293. The first-order valence-electron chi connectivity index (χ1n) is 10.4. The van der Waals surface area contributed by atoms with Crippen LogP contribution in [-0.4, -0.2) is 31.3 Å². The maximum atomic E-state index is 12.4. The van der Waals surface area contributed by atoms with Gasteiger partial charge in [0.05, 0.1) is 22.5 Å². The number of hydrogen-bond acceptors (Lipinski definition) is 7. The number of thioether (sulfide) groups is 1. The van der Waals surface area contributed by atoms with Crippen molar-refractivity contribution in [3.63, 3.8) is 0 Å². The van der Waals surface area contributed by atoms with E-state index in [-0.39, 0.29) is 11.5 Å². The highest BCUT2D eigenvalue weighted by atomic mass is 32.2. The van der Waals surface area contributed by atoms with Crippen LogP contribution in [-0.2, 0) is 7.05 Å². The van der Waals surface area contributed by atoms with E-state index in [0.717, 1.165) is 22.2 Å². The van der Waals surface area contributed by atoms with Gasteiger partial charge in [-0.25, -0.2) is 4.98 Å². The maximum Gasteiger partial charge on any atom is 0.229 e. The van der Waals surface area contributed by atoms with E-state index in [2.05, 4.69) is 15.2 Å². The van der Waals surface area contributed by atoms with E-state index in [1.807, 2.05) is 68.6 Å². The molecule has 0 atom stereocenters. The third-order valence-electron chi connectivity index (χ3n) is 5.43. The average Bonchev–Trinajstić information content (AvgIpc) is 3.37. The zero-order valence-electron chi connectivity index (χ0n) is 18.1. The fourth-order valence-corrected chi connectivity index (χ4v) is 4.51. The van der Waals surface area contributed by atoms with Gasteiger partial charge in [0.1, 0.15) is 0 Å². The minimum Gasteiger partial charge on any atom is -0.432 e. The molecule has 3 aromatic heterocycles. The van der Waals surface area contributed by atoms with Gasteiger partial charge in [-0.3, -0.25) is 4.79 Å². The first-order chi connectivity index (χ1) is 16.0. The Morgan fingerprint density at radius 2 is 1.76 bits per heavy atom. The summed E-state index contributed by atoms with van der Waals surface area (Å²) in [5.41, 5.74) is 10.8. The Hall–Kier alpha value is -3.91. The van der Waals surface area contributed by atoms with Crippen molar-refractivity contribution < 1.29 is 9.21 Å². The first kappa shape index (κ1) is 21.0. The molecule has 3 heterocycles. The number of pyridine rings is 1. The lowest BCUT2D eigenvalue weighted by Crippen LogP contribution is -2.03. The monoisotopic (exact) mass is 455 g/mol. The molecule has 164 valence electrons. The van der Waals surface area contributed by atoms with Crippen molar-refractivity contribution in [1.82, 2.24) is 19.7 Å². The Morgan fingerprint density at radius 1 is 1.06 bits per heavy atom. The van der Waals surface area contributed by atoms with Crippen LogP contribution in [0.1, 0.15) is 15.9 Å². The molecule has 0 radical (unpaired) electrons. The number of benzene rings is 2. The van der Waals surface area contributed by atoms with E-state index in [0.29, 0.717) is 33.7 Å². The number of rotatable bonds is 6. The predicted molar refractivity (Wildman–Crippen MR) is 130 cm³/mol. The molecule has 0 saturated carbocycles. The summed E-state index contributed by atoms with van der Waals surface area (Å²) < 4.78 is 7.86. The zero-order chi connectivity index (χ0) is 22.9. The number of anilines is 1. The van der Waals surface area contributed by atoms with Crippen LogP contribution in [0.3, 0.4) is 0 Å². The van der Waals surface area contributed by atoms with Crippen LogP contribution in [0, 0.1) is 6.92 Å². The summed E-state index contributed by atoms with van der Waals surface area (Å²) in [6.45, 7) is 1.99. The predicted octanol–water partition coefficient (Wildman–Crippen LogP) is 5.16. The van der Waals surface area contributed by atoms with E-state index in [4.69, 9.17) is 10.2 Å². The standard InChI is InChI=1S/C25H21N5O2S/c1-15-13-18(16-9-5-3-6-10-16)27-24-20(15)21(26)22(32-24)23-28-29-25(30(23)2)33-14-19(31)17-11-7-4-8-12-17/h3-13H,14,26H2,1-2H3. The van der Waals surface area contributed by atoms with Gasteiger partial charge in [0.15, 0.2) is 16.7 Å². The number of aryl methyl sites for hydroxylation is 1. The second-order valence-corrected chi connectivity index (χ2v) is 8.60. The smallest absolute Gasteiger partial charge is 0.229 e. The van der Waals surface area contributed by atoms with Crippen LogP contribution in [0.2, 0.25) is 0 Å². The molecule has 7 nitrogen and oxygen atoms in total. The number of carbonyl (C=O) groups is 1. The van der Waals surface area contributed by atoms with Gasteiger partial charge in [0.25, 0.3) is 0 Å². The molecule has 0 unspecified atom stereocenters. The number of nitrogens with two attached hydrogens (primary N) is 1. The number of nitrogens with zero attached hydrogens (tertiary/aromatic N) is 4. The van der Waals surface area contributed by atoms with Crippen LogP contribution in [0.4, 0.5) is 5.69 Å². The summed E-state index contributed by atoms with van der Waals surface area (Å²) in [7, 11) is 1.83. The summed E-state index contributed by atoms with van der Waals surface area (Å²) in [5, 5.41) is 9.89. The SMILES string of the molecule is Cc1cc(-c2ccccc2)nc2oc(-c3nnc(SCC(=O)c4ccccc4)n3C)c(N)c12. The van der Waals surface area contributed by atoms with Crippen molar-refractivity contribution in [2.45, 2.75) is 12.1 Å². The summed E-state index contributed by atoms with van der Waals surface area (Å²) >= 11 is 1.32. The largest absolute Gasteiger partial charge is 0.432 e. The molecule has 0 saturated heterocycles. The van der Waals surface area contributed by atoms with Gasteiger partial charge in [0, 0.05) is 18.2 Å². The molecule has 0 aliphatic heterocycles. The number of fused-ring (bicyclic) bond motifs is 1. The van der Waals surface area contributed by atoms with E-state index in [9.17, 15) is 4.79 Å². The van der Waals surface area contributed by atoms with Gasteiger partial charge < -0.3 is 14.7 Å². The third-order valence-corrected chi connectivity index (χ3v) is 6.45. The Bertz CT molecular complexity index is 1460. The maximum absolute atomic E-state index is 12.4. The normalized spacial score (nSPS) is 11.2. The number of aromatic nitrogens is 4. The molecule has 33 heavy (non-hydrogen) atoms. The van der Waals surface area contributed by atoms with Gasteiger partial charge in [-0.15, -0.1) is 10.2 Å². The Kier molecular flexibility index (Phi) is 5.43. The summed E-state index contributed by atoms with van der Waals surface area (Å²) in [6, 6.07) is 21.1. The van der Waals surface area contributed by atoms with E-state index >= 15 is 0 Å². The lowest BCUT2D eigenvalue weighted by atomic mass is 10.1. The lowest BCUT2D eigenvalue weighted by Gasteiger charge is -2.03. The fraction of sp³-hybridized carbons (Fsp3) is 0.120. The Morgan fingerprint density at radius 3 is 2.48 bits per heavy atom. The van der Waals surface area contributed by atoms with Crippen molar-refractivity contribution in [2.24, 2.45) is 7.05 Å². The second kappa shape index (κ2) is 8.55. The van der Waals surface area contributed by atoms with Gasteiger partial charge in [0.2, 0.25) is 11.5 Å². The molecule has 0 bridgehead atoms. The average molecular weight is 456 g/mol. The summed E-state index contributed by atoms with van der Waals surface area (Å²) in [6.07, 6.45) is 0. The van der Waals surface area contributed by atoms with E-state index < -0.39 is 0 Å². The van der Waals surface area contributed by atoms with Crippen molar-refractivity contribution >= 4 is 34.3 Å². The van der Waals surface area contributed by atoms with Crippen molar-refractivity contribution in [3.05, 3.63) is 77.9 Å². The third kappa shape index (κ3) is 3.89. The second-order valence-electron chi connectivity index (χ2n) is 7.66. The zero-order valence-corrected chi connectivity index (χ0v) is 19.0. The molecule has 8 heteroatoms. The van der Waals surface area contributed by atoms with Crippen molar-refractivity contribution in [1.29, 1.82) is 0 Å². The Balaban J connectivity index is 1.46. The van der Waals surface area contributed by atoms with Gasteiger partial charge >= 0.3 is 0 Å². The topological polar surface area (TPSA) is 99.8 Å². The van der Waals surface area contributed by atoms with Crippen LogP contribution in [0.5, 0.6) is 0 Å². The van der Waals surface area contributed by atoms with Gasteiger partial charge in [-0.1, -0.05) is 72.4 Å². The minimum absolute atomic E-state index is 0.0293. The van der Waals surface area contributed by atoms with Gasteiger partial charge in [-0.2, -0.15) is 0 Å². The number of hydrogen-bond donors (Lipinski definition) is 1. The molecule has 2 aromatic carbocycles. The number of nitrogen functional groups attached to an aromatic ring is 1. The molecular formula is C25H21N5O2S. The molecule has 0 fully saturated rings. The molecule has 0 aliphatic carbocycles. The summed E-state index contributed by atoms with van der Waals surface area (Å²) in [4.78, 5) is 17.1. The molecular weight excluding hydrogens is 434 g/mol. The molecule has 2 N–H and O–H groups in total. The lowest BCUT2D eigenvalue weighted by molar-refractivity contribution is 0.102. The quantitative estimate of drug-likeness (QED) is 0.279. The fourth-order valence-electron chi connectivity index (χ4n) is 3.71. The van der Waals surface area contributed by atoms with Crippen LogP contribution in [0.15, 0.2) is 76.3 Å².